The first-order chi connectivity index (χ1) is 15.6. The van der Waals surface area contributed by atoms with Gasteiger partial charge in [-0.3, -0.25) is 10.3 Å². The van der Waals surface area contributed by atoms with Crippen LogP contribution in [0.15, 0.2) is 35.8 Å². The number of nitrogens with one attached hydrogen (secondary N) is 1. The van der Waals surface area contributed by atoms with Gasteiger partial charge in [0.1, 0.15) is 5.84 Å². The van der Waals surface area contributed by atoms with Gasteiger partial charge in [0.25, 0.3) is 0 Å². The zero-order chi connectivity index (χ0) is 22.9. The van der Waals surface area contributed by atoms with Gasteiger partial charge in [-0.05, 0) is 30.5 Å². The van der Waals surface area contributed by atoms with E-state index in [9.17, 15) is 4.79 Å². The quantitative estimate of drug-likeness (QED) is 0.542. The van der Waals surface area contributed by atoms with E-state index in [2.05, 4.69) is 17.2 Å². The summed E-state index contributed by atoms with van der Waals surface area (Å²) in [7, 11) is 4.76. The molecule has 1 aromatic heterocycles. The Bertz CT molecular complexity index is 888. The lowest BCUT2D eigenvalue weighted by Gasteiger charge is -2.23. The topological polar surface area (TPSA) is 90.2 Å². The Morgan fingerprint density at radius 1 is 1.09 bits per heavy atom. The molecular weight excluding hydrogens is 410 g/mol. The predicted octanol–water partition coefficient (Wildman–Crippen LogP) is 3.48. The number of amidine groups is 1. The number of carbonyl (C=O) groups is 1. The van der Waals surface area contributed by atoms with E-state index in [4.69, 9.17) is 19.2 Å². The molecule has 0 bridgehead atoms. The van der Waals surface area contributed by atoms with Gasteiger partial charge >= 0.3 is 6.03 Å². The number of hydrogen-bond donors (Lipinski definition) is 1. The second-order valence-corrected chi connectivity index (χ2v) is 7.67. The number of nitrogens with zero attached hydrogens (tertiary/aromatic N) is 4. The third-order valence-corrected chi connectivity index (χ3v) is 5.55. The van der Waals surface area contributed by atoms with Crippen LogP contribution in [0.5, 0.6) is 17.2 Å². The number of rotatable bonds is 12. The van der Waals surface area contributed by atoms with Crippen molar-refractivity contribution in [3.63, 3.8) is 0 Å². The Hall–Kier alpha value is -3.23. The third kappa shape index (κ3) is 5.52. The van der Waals surface area contributed by atoms with E-state index < -0.39 is 0 Å². The molecule has 0 spiro atoms. The van der Waals surface area contributed by atoms with Gasteiger partial charge in [-0.15, -0.1) is 0 Å². The van der Waals surface area contributed by atoms with Crippen LogP contribution in [0.25, 0.3) is 0 Å². The van der Waals surface area contributed by atoms with Crippen LogP contribution < -0.4 is 19.5 Å². The van der Waals surface area contributed by atoms with Gasteiger partial charge in [-0.25, -0.2) is 9.78 Å². The molecule has 32 heavy (non-hydrogen) atoms. The number of carbonyl (C=O) groups excluding carboxylic acids is 1. The van der Waals surface area contributed by atoms with Gasteiger partial charge in [0, 0.05) is 25.5 Å². The molecule has 2 heterocycles. The average Bonchev–Trinajstić information content (AvgIpc) is 3.43. The van der Waals surface area contributed by atoms with Crippen molar-refractivity contribution in [2.45, 2.75) is 51.7 Å². The molecule has 1 aromatic carbocycles. The largest absolute Gasteiger partial charge is 0.493 e. The summed E-state index contributed by atoms with van der Waals surface area (Å²) >= 11 is 0. The van der Waals surface area contributed by atoms with E-state index in [0.717, 1.165) is 43.6 Å². The van der Waals surface area contributed by atoms with E-state index in [0.29, 0.717) is 30.3 Å². The summed E-state index contributed by atoms with van der Waals surface area (Å²) in [6.45, 7) is 4.04. The lowest BCUT2D eigenvalue weighted by atomic mass is 10.1. The number of methoxy groups -OCH3 is 3. The number of aliphatic imine (C=N–C) groups is 1. The molecule has 0 saturated carbocycles. The Morgan fingerprint density at radius 3 is 2.44 bits per heavy atom. The summed E-state index contributed by atoms with van der Waals surface area (Å²) in [5, 5.41) is 2.99. The molecule has 0 radical (unpaired) electrons. The number of imidazole rings is 1. The van der Waals surface area contributed by atoms with Crippen molar-refractivity contribution in [1.29, 1.82) is 0 Å². The molecule has 9 heteroatoms. The van der Waals surface area contributed by atoms with Gasteiger partial charge in [0.2, 0.25) is 5.75 Å². The van der Waals surface area contributed by atoms with Crippen molar-refractivity contribution in [1.82, 2.24) is 19.8 Å². The van der Waals surface area contributed by atoms with Crippen molar-refractivity contribution >= 4 is 11.9 Å². The molecule has 0 aliphatic carbocycles. The van der Waals surface area contributed by atoms with Gasteiger partial charge in [-0.1, -0.05) is 19.8 Å². The third-order valence-electron chi connectivity index (χ3n) is 5.55. The average molecular weight is 444 g/mol. The van der Waals surface area contributed by atoms with Crippen LogP contribution in [0.3, 0.4) is 0 Å². The Kier molecular flexibility index (Phi) is 8.35. The minimum absolute atomic E-state index is 0.0349. The summed E-state index contributed by atoms with van der Waals surface area (Å²) in [5.41, 5.74) is 0.911. The highest BCUT2D eigenvalue weighted by atomic mass is 16.5. The molecule has 1 aliphatic rings. The summed E-state index contributed by atoms with van der Waals surface area (Å²) in [5.74, 6) is 2.44. The maximum absolute atomic E-state index is 12.7. The second kappa shape index (κ2) is 11.4. The second-order valence-electron chi connectivity index (χ2n) is 7.67. The fraction of sp³-hybridized carbons (Fsp3) is 0.522. The zero-order valence-electron chi connectivity index (χ0n) is 19.3. The van der Waals surface area contributed by atoms with Gasteiger partial charge in [0.05, 0.1) is 40.2 Å². The minimum Gasteiger partial charge on any atom is -0.493 e. The van der Waals surface area contributed by atoms with Crippen LogP contribution in [0, 0.1) is 0 Å². The normalized spacial score (nSPS) is 17.0. The monoisotopic (exact) mass is 443 g/mol. The molecule has 1 N–H and O–H groups in total. The Balaban J connectivity index is 1.74. The van der Waals surface area contributed by atoms with Crippen molar-refractivity contribution in [2.24, 2.45) is 4.99 Å². The summed E-state index contributed by atoms with van der Waals surface area (Å²) in [4.78, 5) is 23.4. The zero-order valence-corrected chi connectivity index (χ0v) is 19.3. The van der Waals surface area contributed by atoms with Crippen LogP contribution >= 0.6 is 0 Å². The van der Waals surface area contributed by atoms with Crippen molar-refractivity contribution in [3.05, 3.63) is 36.4 Å². The van der Waals surface area contributed by atoms with E-state index >= 15 is 0 Å². The van der Waals surface area contributed by atoms with E-state index in [-0.39, 0.29) is 12.1 Å². The maximum atomic E-state index is 12.7. The number of hydrogen-bond acceptors (Lipinski definition) is 6. The van der Waals surface area contributed by atoms with Crippen molar-refractivity contribution < 1.29 is 19.0 Å². The number of unbranched alkanes of at least 4 members (excludes halogenated alkanes) is 1. The molecule has 2 amide bonds. The van der Waals surface area contributed by atoms with Gasteiger partial charge < -0.3 is 23.7 Å². The first-order valence-corrected chi connectivity index (χ1v) is 11.0. The molecule has 1 atom stereocenters. The molecule has 3 rings (SSSR count). The molecule has 1 fully saturated rings. The van der Waals surface area contributed by atoms with Gasteiger partial charge in [0.15, 0.2) is 11.5 Å². The molecule has 174 valence electrons. The number of aromatic nitrogens is 2. The number of amides is 2. The van der Waals surface area contributed by atoms with Crippen LogP contribution in [0.4, 0.5) is 4.79 Å². The van der Waals surface area contributed by atoms with E-state index in [1.165, 1.54) is 0 Å². The number of urea groups is 1. The van der Waals surface area contributed by atoms with E-state index in [1.807, 2.05) is 27.8 Å². The first-order valence-electron chi connectivity index (χ1n) is 11.0. The number of aryl methyl sites for hydroxylation is 1. The lowest BCUT2D eigenvalue weighted by Crippen LogP contribution is -2.36. The fourth-order valence-electron chi connectivity index (χ4n) is 3.89. The number of ether oxygens (including phenoxy) is 3. The Labute approximate surface area is 189 Å². The Morgan fingerprint density at radius 2 is 1.84 bits per heavy atom. The molecule has 9 nitrogen and oxygen atoms in total. The van der Waals surface area contributed by atoms with Crippen LogP contribution in [-0.4, -0.2) is 60.2 Å². The van der Waals surface area contributed by atoms with Crippen LogP contribution in [-0.2, 0) is 13.1 Å². The minimum atomic E-state index is -0.0830. The molecule has 2 aromatic rings. The SMILES string of the molecule is CCCCC1/C(=N/Cc2cc(OC)c(OC)c(OC)c2)NC(=O)N1CCCn1ccnc1. The van der Waals surface area contributed by atoms with E-state index in [1.54, 1.807) is 33.9 Å². The summed E-state index contributed by atoms with van der Waals surface area (Å²) in [6.07, 6.45) is 9.32. The van der Waals surface area contributed by atoms with Crippen molar-refractivity contribution in [3.8, 4) is 17.2 Å². The van der Waals surface area contributed by atoms with Crippen molar-refractivity contribution in [2.75, 3.05) is 27.9 Å². The molecule has 1 saturated heterocycles. The molecule has 1 aliphatic heterocycles. The summed E-state index contributed by atoms with van der Waals surface area (Å²) < 4.78 is 18.3. The smallest absolute Gasteiger partial charge is 0.323 e. The highest BCUT2D eigenvalue weighted by Gasteiger charge is 2.35. The predicted molar refractivity (Wildman–Crippen MR) is 123 cm³/mol. The molecule has 1 unspecified atom stereocenters. The van der Waals surface area contributed by atoms with Crippen LogP contribution in [0.1, 0.15) is 38.2 Å². The van der Waals surface area contributed by atoms with Crippen LogP contribution in [0.2, 0.25) is 0 Å². The maximum Gasteiger partial charge on any atom is 0.323 e. The van der Waals surface area contributed by atoms with Gasteiger partial charge in [-0.2, -0.15) is 0 Å². The number of benzene rings is 1. The highest BCUT2D eigenvalue weighted by molar-refractivity contribution is 6.07. The summed E-state index contributed by atoms with van der Waals surface area (Å²) in [6, 6.07) is 3.64. The standard InChI is InChI=1S/C23H33N5O4/c1-5-6-8-18-22(26-23(29)28(18)11-7-10-27-12-9-24-16-27)25-15-17-13-19(30-2)21(32-4)20(14-17)31-3/h9,12-14,16,18H,5-8,10-11,15H2,1-4H3,(H,25,26,29). The first kappa shape index (κ1) is 23.4. The highest BCUT2D eigenvalue weighted by Crippen LogP contribution is 2.38. The molecular formula is C23H33N5O4. The fourth-order valence-corrected chi connectivity index (χ4v) is 3.89. The lowest BCUT2D eigenvalue weighted by molar-refractivity contribution is 0.201.